The van der Waals surface area contributed by atoms with Crippen molar-refractivity contribution in [2.75, 3.05) is 22.4 Å². The minimum absolute atomic E-state index is 0.169. The molecule has 1 N–H and O–H groups in total. The van der Waals surface area contributed by atoms with Gasteiger partial charge in [-0.25, -0.2) is 8.42 Å². The van der Waals surface area contributed by atoms with E-state index in [0.29, 0.717) is 11.6 Å². The average Bonchev–Trinajstić information content (AvgIpc) is 2.55. The van der Waals surface area contributed by atoms with E-state index in [1.54, 1.807) is 19.1 Å². The fourth-order valence-corrected chi connectivity index (χ4v) is 3.68. The quantitative estimate of drug-likeness (QED) is 0.710. The molecule has 0 heterocycles. The van der Waals surface area contributed by atoms with Crippen LogP contribution in [0.3, 0.4) is 0 Å². The number of carbonyl (C=O) groups excluding carboxylic acids is 1. The maximum absolute atomic E-state index is 12.9. The molecule has 0 radical (unpaired) electrons. The van der Waals surface area contributed by atoms with Crippen LogP contribution in [-0.4, -0.2) is 27.1 Å². The molecule has 0 saturated heterocycles. The largest absolute Gasteiger partial charge is 0.417 e. The fraction of sp³-hybridized carbons (Fsp3) is 0.235. The van der Waals surface area contributed by atoms with E-state index in [1.807, 2.05) is 0 Å². The van der Waals surface area contributed by atoms with E-state index >= 15 is 0 Å². The highest BCUT2D eigenvalue weighted by Gasteiger charge is 2.33. The van der Waals surface area contributed by atoms with E-state index in [9.17, 15) is 26.4 Å². The molecule has 2 aromatic rings. The maximum atomic E-state index is 12.9. The lowest BCUT2D eigenvalue weighted by molar-refractivity contribution is -0.137. The Morgan fingerprint density at radius 1 is 1.14 bits per heavy atom. The van der Waals surface area contributed by atoms with Gasteiger partial charge < -0.3 is 5.32 Å². The third-order valence-corrected chi connectivity index (χ3v) is 5.37. The normalized spacial score (nSPS) is 12.0. The second-order valence-corrected chi connectivity index (χ2v) is 8.69. The molecule has 0 atom stereocenters. The van der Waals surface area contributed by atoms with Crippen LogP contribution in [0.4, 0.5) is 24.5 Å². The SMILES string of the molecule is Cc1ccc(Cl)cc1N(CC(=O)Nc1ccc(Cl)c(C(F)(F)F)c1)S(C)(=O)=O. The third kappa shape index (κ3) is 5.52. The molecule has 0 aliphatic rings. The highest BCUT2D eigenvalue weighted by Crippen LogP contribution is 2.36. The van der Waals surface area contributed by atoms with Gasteiger partial charge in [0, 0.05) is 10.7 Å². The number of hydrogen-bond donors (Lipinski definition) is 1. The van der Waals surface area contributed by atoms with E-state index in [2.05, 4.69) is 5.32 Å². The standard InChI is InChI=1S/C17H15Cl2F3N2O3S/c1-10-3-4-11(18)7-15(10)24(28(2,26)27)9-16(25)23-12-5-6-14(19)13(8-12)17(20,21)22/h3-8H,9H2,1-2H3,(H,23,25). The van der Waals surface area contributed by atoms with E-state index in [4.69, 9.17) is 23.2 Å². The van der Waals surface area contributed by atoms with Gasteiger partial charge >= 0.3 is 6.18 Å². The van der Waals surface area contributed by atoms with Crippen molar-refractivity contribution < 1.29 is 26.4 Å². The van der Waals surface area contributed by atoms with Crippen molar-refractivity contribution in [3.05, 3.63) is 57.6 Å². The summed E-state index contributed by atoms with van der Waals surface area (Å²) in [7, 11) is -3.87. The molecule has 11 heteroatoms. The maximum Gasteiger partial charge on any atom is 0.417 e. The molecule has 1 amide bonds. The summed E-state index contributed by atoms with van der Waals surface area (Å²) in [6.45, 7) is 0.987. The van der Waals surface area contributed by atoms with Crippen LogP contribution in [0, 0.1) is 6.92 Å². The second kappa shape index (κ2) is 8.18. The van der Waals surface area contributed by atoms with Crippen LogP contribution in [0.15, 0.2) is 36.4 Å². The smallest absolute Gasteiger partial charge is 0.324 e. The van der Waals surface area contributed by atoms with Gasteiger partial charge in [0.1, 0.15) is 6.54 Å². The molecule has 2 rings (SSSR count). The molecule has 0 aliphatic heterocycles. The predicted molar refractivity (Wildman–Crippen MR) is 103 cm³/mol. The Hall–Kier alpha value is -1.97. The Kier molecular flexibility index (Phi) is 6.52. The zero-order valence-corrected chi connectivity index (χ0v) is 17.0. The molecule has 0 spiro atoms. The van der Waals surface area contributed by atoms with Gasteiger partial charge in [-0.15, -0.1) is 0 Å². The van der Waals surface area contributed by atoms with Gasteiger partial charge in [0.05, 0.1) is 22.5 Å². The van der Waals surface area contributed by atoms with Gasteiger partial charge in [0.15, 0.2) is 0 Å². The molecule has 2 aromatic carbocycles. The number of rotatable bonds is 5. The molecule has 28 heavy (non-hydrogen) atoms. The summed E-state index contributed by atoms with van der Waals surface area (Å²) < 4.78 is 63.9. The monoisotopic (exact) mass is 454 g/mol. The van der Waals surface area contributed by atoms with E-state index in [0.717, 1.165) is 16.6 Å². The number of sulfonamides is 1. The molecule has 0 fully saturated rings. The summed E-state index contributed by atoms with van der Waals surface area (Å²) in [6, 6.07) is 7.39. The topological polar surface area (TPSA) is 66.5 Å². The molecule has 0 bridgehead atoms. The minimum Gasteiger partial charge on any atom is -0.324 e. The molecule has 5 nitrogen and oxygen atoms in total. The molecular formula is C17H15Cl2F3N2O3S. The van der Waals surface area contributed by atoms with Crippen molar-refractivity contribution in [3.63, 3.8) is 0 Å². The summed E-state index contributed by atoms with van der Waals surface area (Å²) in [5.41, 5.74) is -0.540. The summed E-state index contributed by atoms with van der Waals surface area (Å²) in [4.78, 5) is 12.3. The second-order valence-electron chi connectivity index (χ2n) is 5.94. The number of carbonyl (C=O) groups is 1. The number of nitrogens with zero attached hydrogens (tertiary/aromatic N) is 1. The summed E-state index contributed by atoms with van der Waals surface area (Å²) in [6.07, 6.45) is -3.79. The van der Waals surface area contributed by atoms with Crippen molar-refractivity contribution in [2.24, 2.45) is 0 Å². The van der Waals surface area contributed by atoms with Crippen LogP contribution < -0.4 is 9.62 Å². The molecule has 152 valence electrons. The van der Waals surface area contributed by atoms with Crippen molar-refractivity contribution in [3.8, 4) is 0 Å². The first-order chi connectivity index (χ1) is 12.8. The Labute approximate surface area is 170 Å². The lowest BCUT2D eigenvalue weighted by Gasteiger charge is -2.24. The van der Waals surface area contributed by atoms with Gasteiger partial charge in [-0.05, 0) is 42.8 Å². The first-order valence-electron chi connectivity index (χ1n) is 7.69. The number of amides is 1. The zero-order chi connectivity index (χ0) is 21.3. The Balaban J connectivity index is 2.30. The van der Waals surface area contributed by atoms with E-state index < -0.39 is 39.2 Å². The van der Waals surface area contributed by atoms with Crippen molar-refractivity contribution in [1.82, 2.24) is 0 Å². The molecule has 0 aliphatic carbocycles. The molecule has 0 saturated carbocycles. The zero-order valence-electron chi connectivity index (χ0n) is 14.6. The third-order valence-electron chi connectivity index (χ3n) is 3.68. The first-order valence-corrected chi connectivity index (χ1v) is 10.3. The number of nitrogens with one attached hydrogen (secondary N) is 1. The van der Waals surface area contributed by atoms with Crippen LogP contribution in [0.1, 0.15) is 11.1 Å². The number of benzene rings is 2. The van der Waals surface area contributed by atoms with Gasteiger partial charge in [0.2, 0.25) is 15.9 Å². The Morgan fingerprint density at radius 2 is 1.79 bits per heavy atom. The van der Waals surface area contributed by atoms with Gasteiger partial charge in [-0.1, -0.05) is 29.3 Å². The molecular weight excluding hydrogens is 440 g/mol. The molecule has 0 aromatic heterocycles. The average molecular weight is 455 g/mol. The van der Waals surface area contributed by atoms with Crippen molar-refractivity contribution >= 4 is 50.5 Å². The van der Waals surface area contributed by atoms with Gasteiger partial charge in [-0.2, -0.15) is 13.2 Å². The van der Waals surface area contributed by atoms with Crippen LogP contribution in [0.5, 0.6) is 0 Å². The number of anilines is 2. The Morgan fingerprint density at radius 3 is 2.36 bits per heavy atom. The van der Waals surface area contributed by atoms with Gasteiger partial charge in [-0.3, -0.25) is 9.10 Å². The Bertz CT molecular complexity index is 1010. The lowest BCUT2D eigenvalue weighted by Crippen LogP contribution is -2.37. The van der Waals surface area contributed by atoms with Crippen molar-refractivity contribution in [2.45, 2.75) is 13.1 Å². The van der Waals surface area contributed by atoms with Crippen LogP contribution in [-0.2, 0) is 21.0 Å². The van der Waals surface area contributed by atoms with E-state index in [1.165, 1.54) is 12.1 Å². The van der Waals surface area contributed by atoms with Gasteiger partial charge in [0.25, 0.3) is 0 Å². The number of hydrogen-bond acceptors (Lipinski definition) is 3. The van der Waals surface area contributed by atoms with Crippen LogP contribution >= 0.6 is 23.2 Å². The van der Waals surface area contributed by atoms with Crippen LogP contribution in [0.2, 0.25) is 10.0 Å². The van der Waals surface area contributed by atoms with E-state index in [-0.39, 0.29) is 16.4 Å². The first kappa shape index (κ1) is 22.3. The minimum atomic E-state index is -4.70. The fourth-order valence-electron chi connectivity index (χ4n) is 2.38. The highest BCUT2D eigenvalue weighted by molar-refractivity contribution is 7.92. The summed E-state index contributed by atoms with van der Waals surface area (Å²) in [5, 5.41) is 2.00. The highest BCUT2D eigenvalue weighted by atomic mass is 35.5. The number of alkyl halides is 3. The summed E-state index contributed by atoms with van der Waals surface area (Å²) >= 11 is 11.5. The summed E-state index contributed by atoms with van der Waals surface area (Å²) in [5.74, 6) is -0.833. The lowest BCUT2D eigenvalue weighted by atomic mass is 10.2. The molecule has 0 unspecified atom stereocenters. The number of aryl methyl sites for hydroxylation is 1. The predicted octanol–water partition coefficient (Wildman–Crippen LogP) is 4.73. The van der Waals surface area contributed by atoms with Crippen molar-refractivity contribution in [1.29, 1.82) is 0 Å². The number of halogens is 5. The van der Waals surface area contributed by atoms with Crippen LogP contribution in [0.25, 0.3) is 0 Å².